The first-order chi connectivity index (χ1) is 29.4. The lowest BCUT2D eigenvalue weighted by Crippen LogP contribution is -2.63. The summed E-state index contributed by atoms with van der Waals surface area (Å²) in [5, 5.41) is 29.4. The van der Waals surface area contributed by atoms with Crippen LogP contribution in [0.5, 0.6) is 5.75 Å². The van der Waals surface area contributed by atoms with Crippen molar-refractivity contribution in [2.24, 2.45) is 10.8 Å². The molecule has 4 heterocycles. The molecule has 6 rings (SSSR count). The Morgan fingerprint density at radius 1 is 1.18 bits per heavy atom. The largest absolute Gasteiger partial charge is 0.508 e. The molecule has 4 atom stereocenters. The zero-order chi connectivity index (χ0) is 45.1. The lowest BCUT2D eigenvalue weighted by Gasteiger charge is -2.38. The molecule has 330 valence electrons. The highest BCUT2D eigenvalue weighted by Crippen LogP contribution is 2.42. The van der Waals surface area contributed by atoms with E-state index in [2.05, 4.69) is 65.7 Å². The molecule has 0 unspecified atom stereocenters. The highest BCUT2D eigenvalue weighted by Gasteiger charge is 2.42. The molecule has 2 aliphatic heterocycles. The normalized spacial score (nSPS) is 19.3. The van der Waals surface area contributed by atoms with Crippen LogP contribution < -0.4 is 16.1 Å². The number of benzene rings is 2. The van der Waals surface area contributed by atoms with E-state index in [4.69, 9.17) is 14.5 Å². The summed E-state index contributed by atoms with van der Waals surface area (Å²) in [6, 6.07) is 14.4. The number of aryl methyl sites for hydroxylation is 1. The van der Waals surface area contributed by atoms with Gasteiger partial charge in [0.1, 0.15) is 23.9 Å². The Labute approximate surface area is 363 Å². The number of cyclic esters (lactones) is 1. The van der Waals surface area contributed by atoms with Gasteiger partial charge in [0, 0.05) is 61.6 Å². The fraction of sp³-hybridized carbons (Fsp3) is 0.489. The maximum atomic E-state index is 14.6. The highest BCUT2D eigenvalue weighted by atomic mass is 16.5. The van der Waals surface area contributed by atoms with Crippen molar-refractivity contribution in [1.29, 1.82) is 5.26 Å². The number of phenols is 1. The van der Waals surface area contributed by atoms with Crippen molar-refractivity contribution in [2.75, 3.05) is 34.0 Å². The van der Waals surface area contributed by atoms with Gasteiger partial charge in [0.2, 0.25) is 11.8 Å². The number of likely N-dealkylation sites (N-methyl/N-ethyl adjacent to an activating group) is 1. The van der Waals surface area contributed by atoms with Gasteiger partial charge in [-0.05, 0) is 113 Å². The number of nitrogens with zero attached hydrogens (tertiary/aromatic N) is 5. The van der Waals surface area contributed by atoms with Crippen molar-refractivity contribution in [2.45, 2.75) is 105 Å². The number of nitriles is 1. The lowest BCUT2D eigenvalue weighted by atomic mass is 9.84. The molecule has 0 spiro atoms. The summed E-state index contributed by atoms with van der Waals surface area (Å²) in [6.45, 7) is 13.8. The molecule has 3 amide bonds. The second kappa shape index (κ2) is 18.7. The first kappa shape index (κ1) is 45.7. The molecule has 2 aromatic carbocycles. The van der Waals surface area contributed by atoms with Crippen molar-refractivity contribution in [3.05, 3.63) is 71.5 Å². The van der Waals surface area contributed by atoms with Gasteiger partial charge >= 0.3 is 5.97 Å². The fourth-order valence-electron chi connectivity index (χ4n) is 8.78. The van der Waals surface area contributed by atoms with Gasteiger partial charge in [0.05, 0.1) is 42.3 Å². The molecule has 4 N–H and O–H groups in total. The lowest BCUT2D eigenvalue weighted by molar-refractivity contribution is -0.155. The molecule has 0 radical (unpaired) electrons. The van der Waals surface area contributed by atoms with Crippen LogP contribution in [0.15, 0.2) is 54.7 Å². The number of fused-ring (bicyclic) bond motifs is 6. The number of aromatic hydroxyl groups is 1. The van der Waals surface area contributed by atoms with Crippen molar-refractivity contribution in [3.63, 3.8) is 0 Å². The third-order valence-electron chi connectivity index (χ3n) is 11.9. The average Bonchev–Trinajstić information content (AvgIpc) is 3.54. The van der Waals surface area contributed by atoms with Gasteiger partial charge < -0.3 is 29.8 Å². The molecule has 2 aromatic heterocycles. The third kappa shape index (κ3) is 9.78. The Morgan fingerprint density at radius 2 is 1.94 bits per heavy atom. The Hall–Kier alpha value is -5.82. The summed E-state index contributed by atoms with van der Waals surface area (Å²) in [7, 11) is 3.28. The zero-order valence-corrected chi connectivity index (χ0v) is 37.3. The van der Waals surface area contributed by atoms with Crippen LogP contribution in [-0.2, 0) is 48.0 Å². The second-order valence-electron chi connectivity index (χ2n) is 17.9. The number of ether oxygens (including phenoxy) is 2. The Balaban J connectivity index is 1.51. The highest BCUT2D eigenvalue weighted by molar-refractivity contribution is 5.96. The quantitative estimate of drug-likeness (QED) is 0.118. The minimum atomic E-state index is -1.24. The number of carbonyl (C=O) groups is 4. The predicted octanol–water partition coefficient (Wildman–Crippen LogP) is 5.40. The molecule has 4 aromatic rings. The molecule has 1 saturated heterocycles. The van der Waals surface area contributed by atoms with Crippen molar-refractivity contribution in [1.82, 2.24) is 35.5 Å². The maximum absolute atomic E-state index is 14.6. The molecular weight excluding hydrogens is 789 g/mol. The van der Waals surface area contributed by atoms with Gasteiger partial charge in [-0.2, -0.15) is 5.26 Å². The third-order valence-corrected chi connectivity index (χ3v) is 11.9. The van der Waals surface area contributed by atoms with Gasteiger partial charge in [-0.25, -0.2) is 5.43 Å². The number of hydrogen-bond donors (Lipinski definition) is 4. The smallest absolute Gasteiger partial charge is 0.324 e. The Morgan fingerprint density at radius 3 is 2.63 bits per heavy atom. The van der Waals surface area contributed by atoms with Crippen LogP contribution in [0.2, 0.25) is 0 Å². The van der Waals surface area contributed by atoms with Gasteiger partial charge in [0.15, 0.2) is 0 Å². The molecular formula is C47H60N8O7. The molecule has 62 heavy (non-hydrogen) atoms. The van der Waals surface area contributed by atoms with Gasteiger partial charge in [-0.1, -0.05) is 26.0 Å². The van der Waals surface area contributed by atoms with E-state index in [1.54, 1.807) is 51.2 Å². The van der Waals surface area contributed by atoms with E-state index in [1.165, 1.54) is 11.9 Å². The van der Waals surface area contributed by atoms with Gasteiger partial charge in [-0.15, -0.1) is 0 Å². The summed E-state index contributed by atoms with van der Waals surface area (Å²) in [5.41, 5.74) is 8.19. The maximum Gasteiger partial charge on any atom is 0.324 e. The molecule has 0 saturated carbocycles. The number of aromatic nitrogens is 2. The van der Waals surface area contributed by atoms with Crippen LogP contribution in [0.25, 0.3) is 33.3 Å². The van der Waals surface area contributed by atoms with Gasteiger partial charge in [0.25, 0.3) is 5.91 Å². The Kier molecular flexibility index (Phi) is 13.8. The van der Waals surface area contributed by atoms with E-state index < -0.39 is 46.7 Å². The number of phenolic OH excluding ortho intramolecular Hbond substituents is 1. The van der Waals surface area contributed by atoms with E-state index in [9.17, 15) is 29.5 Å². The fourth-order valence-corrected chi connectivity index (χ4v) is 8.78. The first-order valence-corrected chi connectivity index (χ1v) is 21.2. The first-order valence-electron chi connectivity index (χ1n) is 21.2. The standard InChI is InChI=1S/C47H60N8O7/c1-10-54-39-16-15-31-23-35(39)36(41(54)34-13-11-17-49-40(34)28(2)61-9)24-46(4,5)26-62-45(60)37-14-12-18-55(52-37)44(59)38(21-30-19-32(31)22-33(57)20-30)51-43(58)42(47(6,7)25-48)53(8)27-50-29(3)56/h11,13,15-17,19-20,22-23,28,37-38,42,52,57H,10,12,14,18,21,24,26-27H2,1-9H3,(H,50,56)(H,51,58)/t28-,37-,38-,42+/m0/s1. The monoisotopic (exact) mass is 848 g/mol. The second-order valence-corrected chi connectivity index (χ2v) is 17.9. The van der Waals surface area contributed by atoms with Crippen LogP contribution >= 0.6 is 0 Å². The van der Waals surface area contributed by atoms with Crippen LogP contribution in [0.1, 0.15) is 84.2 Å². The summed E-state index contributed by atoms with van der Waals surface area (Å²) in [4.78, 5) is 60.9. The van der Waals surface area contributed by atoms with E-state index in [0.717, 1.165) is 39.0 Å². The molecule has 15 heteroatoms. The summed E-state index contributed by atoms with van der Waals surface area (Å²) >= 11 is 0. The van der Waals surface area contributed by atoms with E-state index in [-0.39, 0.29) is 44.0 Å². The van der Waals surface area contributed by atoms with Crippen molar-refractivity contribution < 1.29 is 33.8 Å². The number of methoxy groups -OCH3 is 1. The number of esters is 1. The summed E-state index contributed by atoms with van der Waals surface area (Å²) in [5.74, 6) is -1.94. The molecule has 2 aliphatic rings. The topological polar surface area (TPSA) is 191 Å². The average molecular weight is 849 g/mol. The number of amides is 3. The molecule has 0 aliphatic carbocycles. The van der Waals surface area contributed by atoms with Crippen LogP contribution in [-0.4, -0.2) is 100 Å². The Bertz CT molecular complexity index is 2380. The van der Waals surface area contributed by atoms with Crippen LogP contribution in [0.3, 0.4) is 0 Å². The number of rotatable bonds is 10. The van der Waals surface area contributed by atoms with Crippen LogP contribution in [0, 0.1) is 22.2 Å². The summed E-state index contributed by atoms with van der Waals surface area (Å²) in [6.07, 6.45) is 2.92. The van der Waals surface area contributed by atoms with Crippen molar-refractivity contribution in [3.8, 4) is 34.2 Å². The zero-order valence-electron chi connectivity index (χ0n) is 37.3. The van der Waals surface area contributed by atoms with E-state index in [0.29, 0.717) is 36.9 Å². The molecule has 15 nitrogen and oxygen atoms in total. The molecule has 1 fully saturated rings. The van der Waals surface area contributed by atoms with Crippen LogP contribution in [0.4, 0.5) is 0 Å². The SMILES string of the molecule is CCn1c(-c2cccnc2[C@H](C)OC)c2c3cc(ccc31)-c1cc(O)cc(c1)C[C@H](NC(=O)[C@@H](N(C)CNC(C)=O)C(C)(C)C#N)C(=O)N1CCC[C@H](N1)C(=O)OCC(C)(C)C2. The minimum Gasteiger partial charge on any atom is -0.508 e. The number of carbonyl (C=O) groups excluding carboxylic acids is 4. The number of hydrogen-bond acceptors (Lipinski definition) is 11. The van der Waals surface area contributed by atoms with E-state index in [1.807, 2.05) is 25.1 Å². The number of pyridine rings is 1. The van der Waals surface area contributed by atoms with Crippen molar-refractivity contribution >= 4 is 34.6 Å². The van der Waals surface area contributed by atoms with E-state index >= 15 is 0 Å². The number of nitrogens with one attached hydrogen (secondary N) is 3. The summed E-state index contributed by atoms with van der Waals surface area (Å²) < 4.78 is 14.1. The minimum absolute atomic E-state index is 0.0216. The number of hydrazine groups is 1. The van der Waals surface area contributed by atoms with Gasteiger partial charge in [-0.3, -0.25) is 34.1 Å². The molecule has 6 bridgehead atoms. The predicted molar refractivity (Wildman–Crippen MR) is 235 cm³/mol.